The van der Waals surface area contributed by atoms with Gasteiger partial charge in [-0.3, -0.25) is 14.9 Å². The Hall–Kier alpha value is -3.23. The molecule has 0 saturated heterocycles. The minimum absolute atomic E-state index is 0.0914. The van der Waals surface area contributed by atoms with Crippen molar-refractivity contribution >= 4 is 50.8 Å². The van der Waals surface area contributed by atoms with Gasteiger partial charge in [0.2, 0.25) is 0 Å². The summed E-state index contributed by atoms with van der Waals surface area (Å²) in [6, 6.07) is 21.7. The highest BCUT2D eigenvalue weighted by Gasteiger charge is 2.16. The van der Waals surface area contributed by atoms with Crippen LogP contribution in [0.5, 0.6) is 5.75 Å². The Morgan fingerprint density at radius 2 is 1.68 bits per heavy atom. The number of amides is 2. The van der Waals surface area contributed by atoms with Gasteiger partial charge in [-0.25, -0.2) is 0 Å². The summed E-state index contributed by atoms with van der Waals surface area (Å²) in [7, 11) is 0. The monoisotopic (exact) mass is 581 g/mol. The Morgan fingerprint density at radius 3 is 2.41 bits per heavy atom. The molecule has 194 valence electrons. The molecule has 0 aromatic heterocycles. The summed E-state index contributed by atoms with van der Waals surface area (Å²) in [6.45, 7) is 4.73. The Morgan fingerprint density at radius 1 is 0.946 bits per heavy atom. The van der Waals surface area contributed by atoms with Crippen LogP contribution in [0.4, 0.5) is 5.69 Å². The molecule has 3 rings (SSSR count). The molecule has 0 fully saturated rings. The van der Waals surface area contributed by atoms with E-state index >= 15 is 0 Å². The minimum atomic E-state index is -0.368. The van der Waals surface area contributed by atoms with E-state index in [1.165, 1.54) is 12.8 Å². The van der Waals surface area contributed by atoms with Gasteiger partial charge in [-0.15, -0.1) is 0 Å². The van der Waals surface area contributed by atoms with Gasteiger partial charge in [0.1, 0.15) is 5.75 Å². The fourth-order valence-corrected chi connectivity index (χ4v) is 4.38. The van der Waals surface area contributed by atoms with E-state index < -0.39 is 0 Å². The zero-order valence-electron chi connectivity index (χ0n) is 21.1. The molecule has 0 radical (unpaired) electrons. The predicted molar refractivity (Wildman–Crippen MR) is 156 cm³/mol. The van der Waals surface area contributed by atoms with Gasteiger partial charge < -0.3 is 15.4 Å². The van der Waals surface area contributed by atoms with Gasteiger partial charge in [0.15, 0.2) is 5.11 Å². The van der Waals surface area contributed by atoms with E-state index in [2.05, 4.69) is 38.8 Å². The van der Waals surface area contributed by atoms with Crippen LogP contribution in [-0.2, 0) is 0 Å². The SMILES string of the molecule is CCCCCCOc1ccc(C(=O)NC(=S)Nc2ccccc2C(=O)NC(C)c2ccccc2)cc1Br. The van der Waals surface area contributed by atoms with Crippen molar-refractivity contribution in [2.75, 3.05) is 11.9 Å². The van der Waals surface area contributed by atoms with Crippen LogP contribution >= 0.6 is 28.1 Å². The summed E-state index contributed by atoms with van der Waals surface area (Å²) in [5.41, 5.74) is 2.35. The highest BCUT2D eigenvalue weighted by atomic mass is 79.9. The van der Waals surface area contributed by atoms with Gasteiger partial charge in [-0.2, -0.15) is 0 Å². The van der Waals surface area contributed by atoms with E-state index in [0.717, 1.165) is 18.4 Å². The summed E-state index contributed by atoms with van der Waals surface area (Å²) < 4.78 is 6.51. The molecule has 0 spiro atoms. The van der Waals surface area contributed by atoms with E-state index in [1.807, 2.05) is 37.3 Å². The van der Waals surface area contributed by atoms with Crippen molar-refractivity contribution in [1.82, 2.24) is 10.6 Å². The lowest BCUT2D eigenvalue weighted by Crippen LogP contribution is -2.35. The first kappa shape index (κ1) is 28.3. The van der Waals surface area contributed by atoms with Crippen LogP contribution in [0.2, 0.25) is 0 Å². The number of carbonyl (C=O) groups is 2. The van der Waals surface area contributed by atoms with Crippen LogP contribution in [-0.4, -0.2) is 23.5 Å². The number of para-hydroxylation sites is 1. The number of anilines is 1. The molecule has 2 amide bonds. The molecule has 0 aliphatic heterocycles. The number of hydrogen-bond donors (Lipinski definition) is 3. The largest absolute Gasteiger partial charge is 0.492 e. The smallest absolute Gasteiger partial charge is 0.257 e. The van der Waals surface area contributed by atoms with Crippen molar-refractivity contribution in [1.29, 1.82) is 0 Å². The number of thiocarbonyl (C=S) groups is 1. The van der Waals surface area contributed by atoms with Crippen LogP contribution in [0.1, 0.15) is 71.9 Å². The normalized spacial score (nSPS) is 11.3. The lowest BCUT2D eigenvalue weighted by molar-refractivity contribution is 0.0939. The molecule has 8 heteroatoms. The van der Waals surface area contributed by atoms with Crippen molar-refractivity contribution in [3.05, 3.63) is 94.0 Å². The number of hydrogen-bond acceptors (Lipinski definition) is 4. The van der Waals surface area contributed by atoms with Gasteiger partial charge in [0, 0.05) is 5.56 Å². The Labute approximate surface area is 232 Å². The fourth-order valence-electron chi connectivity index (χ4n) is 3.69. The molecule has 0 aliphatic carbocycles. The second kappa shape index (κ2) is 14.5. The lowest BCUT2D eigenvalue weighted by Gasteiger charge is -2.17. The van der Waals surface area contributed by atoms with E-state index in [0.29, 0.717) is 33.6 Å². The quantitative estimate of drug-likeness (QED) is 0.167. The number of nitrogens with one attached hydrogen (secondary N) is 3. The highest BCUT2D eigenvalue weighted by Crippen LogP contribution is 2.26. The standard InChI is InChI=1S/C29H32BrN3O3S/c1-3-4-5-11-18-36-26-17-16-22(19-24(26)30)27(34)33-29(37)32-25-15-10-9-14-23(25)28(35)31-20(2)21-12-7-6-8-13-21/h6-10,12-17,19-20H,3-5,11,18H2,1-2H3,(H,31,35)(H2,32,33,34,37). The van der Waals surface area contributed by atoms with Crippen LogP contribution in [0.25, 0.3) is 0 Å². The molecule has 1 atom stereocenters. The number of halogens is 1. The topological polar surface area (TPSA) is 79.5 Å². The van der Waals surface area contributed by atoms with Crippen LogP contribution in [0.3, 0.4) is 0 Å². The number of carbonyl (C=O) groups excluding carboxylic acids is 2. The molecule has 0 saturated carbocycles. The third-order valence-electron chi connectivity index (χ3n) is 5.74. The molecular weight excluding hydrogens is 550 g/mol. The van der Waals surface area contributed by atoms with E-state index in [1.54, 1.807) is 42.5 Å². The average Bonchev–Trinajstić information content (AvgIpc) is 2.90. The third-order valence-corrected chi connectivity index (χ3v) is 6.57. The van der Waals surface area contributed by atoms with Crippen molar-refractivity contribution in [3.63, 3.8) is 0 Å². The predicted octanol–water partition coefficient (Wildman–Crippen LogP) is 7.03. The summed E-state index contributed by atoms with van der Waals surface area (Å²) in [5.74, 6) is 0.0774. The Bertz CT molecular complexity index is 1220. The summed E-state index contributed by atoms with van der Waals surface area (Å²) in [4.78, 5) is 25.8. The van der Waals surface area contributed by atoms with Crippen molar-refractivity contribution in [2.24, 2.45) is 0 Å². The molecule has 1 unspecified atom stereocenters. The summed E-state index contributed by atoms with van der Waals surface area (Å²) in [5, 5.41) is 8.75. The maximum atomic E-state index is 13.0. The van der Waals surface area contributed by atoms with Gasteiger partial charge in [-0.05, 0) is 77.4 Å². The lowest BCUT2D eigenvalue weighted by atomic mass is 10.1. The van der Waals surface area contributed by atoms with Gasteiger partial charge in [-0.1, -0.05) is 68.7 Å². The second-order valence-corrected chi connectivity index (χ2v) is 9.88. The van der Waals surface area contributed by atoms with E-state index in [-0.39, 0.29) is 23.0 Å². The molecule has 6 nitrogen and oxygen atoms in total. The Kier molecular flexibility index (Phi) is 11.1. The molecule has 3 aromatic carbocycles. The maximum Gasteiger partial charge on any atom is 0.257 e. The number of unbranched alkanes of at least 4 members (excludes halogenated alkanes) is 3. The zero-order chi connectivity index (χ0) is 26.6. The maximum absolute atomic E-state index is 13.0. The average molecular weight is 583 g/mol. The van der Waals surface area contributed by atoms with Gasteiger partial charge in [0.05, 0.1) is 28.4 Å². The molecule has 37 heavy (non-hydrogen) atoms. The first-order valence-electron chi connectivity index (χ1n) is 12.4. The van der Waals surface area contributed by atoms with Crippen LogP contribution < -0.4 is 20.7 Å². The highest BCUT2D eigenvalue weighted by molar-refractivity contribution is 9.10. The first-order valence-corrected chi connectivity index (χ1v) is 13.6. The molecule has 0 bridgehead atoms. The van der Waals surface area contributed by atoms with E-state index in [9.17, 15) is 9.59 Å². The first-order chi connectivity index (χ1) is 17.9. The van der Waals surface area contributed by atoms with E-state index in [4.69, 9.17) is 17.0 Å². The second-order valence-electron chi connectivity index (χ2n) is 8.61. The third kappa shape index (κ3) is 8.68. The minimum Gasteiger partial charge on any atom is -0.492 e. The van der Waals surface area contributed by atoms with Crippen molar-refractivity contribution < 1.29 is 14.3 Å². The molecule has 0 aliphatic rings. The number of ether oxygens (including phenoxy) is 1. The summed E-state index contributed by atoms with van der Waals surface area (Å²) >= 11 is 8.84. The van der Waals surface area contributed by atoms with Crippen molar-refractivity contribution in [3.8, 4) is 5.75 Å². The molecular formula is C29H32BrN3O3S. The van der Waals surface area contributed by atoms with Crippen LogP contribution in [0, 0.1) is 0 Å². The fraction of sp³-hybridized carbons (Fsp3) is 0.276. The van der Waals surface area contributed by atoms with Crippen molar-refractivity contribution in [2.45, 2.75) is 45.6 Å². The zero-order valence-corrected chi connectivity index (χ0v) is 23.5. The Balaban J connectivity index is 1.58. The molecule has 3 N–H and O–H groups in total. The number of rotatable bonds is 11. The number of benzene rings is 3. The molecule has 0 heterocycles. The molecule has 3 aromatic rings. The van der Waals surface area contributed by atoms with Gasteiger partial charge in [0.25, 0.3) is 11.8 Å². The summed E-state index contributed by atoms with van der Waals surface area (Å²) in [6.07, 6.45) is 4.50. The van der Waals surface area contributed by atoms with Crippen LogP contribution in [0.15, 0.2) is 77.3 Å². The van der Waals surface area contributed by atoms with Gasteiger partial charge >= 0.3 is 0 Å².